The average molecular weight is 466 g/mol. The predicted molar refractivity (Wildman–Crippen MR) is 121 cm³/mol. The fourth-order valence-electron chi connectivity index (χ4n) is 2.92. The molecule has 1 aliphatic rings. The molecule has 1 aliphatic carbocycles. The number of carbonyl (C=O) groups is 3. The second kappa shape index (κ2) is 11.6. The fraction of sp³-hybridized carbons (Fsp3) is 0.455. The third-order valence-corrected chi connectivity index (χ3v) is 5.13. The fourth-order valence-corrected chi connectivity index (χ4v) is 3.11. The van der Waals surface area contributed by atoms with Gasteiger partial charge in [-0.25, -0.2) is 4.39 Å². The Balaban J connectivity index is 2.04. The van der Waals surface area contributed by atoms with Crippen molar-refractivity contribution >= 4 is 35.0 Å². The summed E-state index contributed by atoms with van der Waals surface area (Å²) in [6.45, 7) is 5.09. The Hall–Kier alpha value is -2.94. The van der Waals surface area contributed by atoms with Gasteiger partial charge in [-0.1, -0.05) is 29.8 Å². The molecule has 8 nitrogen and oxygen atoms in total. The predicted octanol–water partition coefficient (Wildman–Crippen LogP) is 2.21. The largest absolute Gasteiger partial charge is 0.364 e. The van der Waals surface area contributed by atoms with Crippen LogP contribution in [0.4, 0.5) is 4.39 Å². The minimum Gasteiger partial charge on any atom is -0.364 e. The maximum absolute atomic E-state index is 14.0. The first-order chi connectivity index (χ1) is 15.1. The van der Waals surface area contributed by atoms with Crippen LogP contribution in [0.1, 0.15) is 39.2 Å². The number of benzene rings is 1. The highest BCUT2D eigenvalue weighted by molar-refractivity contribution is 6.42. The minimum atomic E-state index is -0.701. The lowest BCUT2D eigenvalue weighted by atomic mass is 10.2. The number of hydrogen-bond donors (Lipinski definition) is 2. The van der Waals surface area contributed by atoms with E-state index in [2.05, 4.69) is 10.4 Å². The van der Waals surface area contributed by atoms with E-state index in [1.54, 1.807) is 19.1 Å². The second-order valence-electron chi connectivity index (χ2n) is 7.78. The second-order valence-corrected chi connectivity index (χ2v) is 8.19. The molecule has 1 aromatic rings. The smallest absolute Gasteiger partial charge is 0.269 e. The number of primary amides is 1. The van der Waals surface area contributed by atoms with Crippen LogP contribution in [0.3, 0.4) is 0 Å². The standard InChI is InChI=1S/C22H29ClFN5O3/c1-4-6-18(22(25)32)27-29(14(2)3)13-20(31)28(16-9-10-16)12-19(30)26-11-15-7-5-8-17(23)21(15)24/h4-8,14,16H,9-13H2,1-3H3,(H2,25,32)(H,26,30)/b6-4+,27-18+. The molecule has 0 aromatic heterocycles. The van der Waals surface area contributed by atoms with Gasteiger partial charge < -0.3 is 16.0 Å². The van der Waals surface area contributed by atoms with Crippen LogP contribution in [0.2, 0.25) is 5.02 Å². The Morgan fingerprint density at radius 1 is 1.31 bits per heavy atom. The molecule has 0 atom stereocenters. The average Bonchev–Trinajstić information content (AvgIpc) is 3.56. The number of amides is 3. The number of nitrogens with zero attached hydrogens (tertiary/aromatic N) is 3. The summed E-state index contributed by atoms with van der Waals surface area (Å²) in [6.07, 6.45) is 4.72. The zero-order valence-corrected chi connectivity index (χ0v) is 19.2. The van der Waals surface area contributed by atoms with Crippen molar-refractivity contribution in [2.24, 2.45) is 10.8 Å². The van der Waals surface area contributed by atoms with Crippen LogP contribution < -0.4 is 11.1 Å². The number of allylic oxidation sites excluding steroid dienone is 1. The lowest BCUT2D eigenvalue weighted by molar-refractivity contribution is -0.138. The van der Waals surface area contributed by atoms with E-state index in [-0.39, 0.29) is 53.9 Å². The van der Waals surface area contributed by atoms with Crippen LogP contribution in [-0.2, 0) is 20.9 Å². The highest BCUT2D eigenvalue weighted by atomic mass is 35.5. The molecule has 2 rings (SSSR count). The van der Waals surface area contributed by atoms with Crippen molar-refractivity contribution in [3.63, 3.8) is 0 Å². The molecule has 1 aromatic carbocycles. The van der Waals surface area contributed by atoms with Gasteiger partial charge in [0.05, 0.1) is 11.6 Å². The van der Waals surface area contributed by atoms with Crippen molar-refractivity contribution in [3.8, 4) is 0 Å². The van der Waals surface area contributed by atoms with Gasteiger partial charge in [0.1, 0.15) is 18.1 Å². The molecule has 0 bridgehead atoms. The van der Waals surface area contributed by atoms with E-state index < -0.39 is 17.6 Å². The first-order valence-corrected chi connectivity index (χ1v) is 10.8. The first-order valence-electron chi connectivity index (χ1n) is 10.4. The quantitative estimate of drug-likeness (QED) is 0.386. The zero-order chi connectivity index (χ0) is 23.8. The van der Waals surface area contributed by atoms with Gasteiger partial charge in [-0.05, 0) is 45.8 Å². The topological polar surface area (TPSA) is 108 Å². The van der Waals surface area contributed by atoms with Crippen molar-refractivity contribution in [3.05, 3.63) is 46.8 Å². The van der Waals surface area contributed by atoms with E-state index in [1.807, 2.05) is 13.8 Å². The highest BCUT2D eigenvalue weighted by Gasteiger charge is 2.34. The molecule has 0 heterocycles. The molecule has 0 saturated heterocycles. The molecule has 1 saturated carbocycles. The van der Waals surface area contributed by atoms with Gasteiger partial charge in [0, 0.05) is 24.2 Å². The minimum absolute atomic E-state index is 0.0193. The normalized spacial score (nSPS) is 14.0. The molecule has 3 amide bonds. The lowest BCUT2D eigenvalue weighted by Crippen LogP contribution is -2.46. The molecule has 3 N–H and O–H groups in total. The van der Waals surface area contributed by atoms with E-state index >= 15 is 0 Å². The molecule has 0 unspecified atom stereocenters. The van der Waals surface area contributed by atoms with Gasteiger partial charge >= 0.3 is 0 Å². The summed E-state index contributed by atoms with van der Waals surface area (Å²) < 4.78 is 14.0. The number of nitrogens with two attached hydrogens (primary N) is 1. The number of halogens is 2. The molecule has 1 fully saturated rings. The summed E-state index contributed by atoms with van der Waals surface area (Å²) in [6, 6.07) is 4.35. The molecular weight excluding hydrogens is 437 g/mol. The van der Waals surface area contributed by atoms with Gasteiger partial charge in [0.2, 0.25) is 11.8 Å². The van der Waals surface area contributed by atoms with E-state index in [4.69, 9.17) is 17.3 Å². The Labute approximate surface area is 192 Å². The van der Waals surface area contributed by atoms with E-state index in [9.17, 15) is 18.8 Å². The SMILES string of the molecule is C/C=C/C(=N\N(CC(=O)N(CC(=O)NCc1cccc(Cl)c1F)C1CC1)C(C)C)C(N)=O. The van der Waals surface area contributed by atoms with E-state index in [0.717, 1.165) is 12.8 Å². The number of carbonyl (C=O) groups excluding carboxylic acids is 3. The summed E-state index contributed by atoms with van der Waals surface area (Å²) in [5.41, 5.74) is 5.65. The molecule has 0 radical (unpaired) electrons. The van der Waals surface area contributed by atoms with Crippen LogP contribution in [0.15, 0.2) is 35.5 Å². The summed E-state index contributed by atoms with van der Waals surface area (Å²) in [5, 5.41) is 8.31. The Morgan fingerprint density at radius 2 is 2.00 bits per heavy atom. The van der Waals surface area contributed by atoms with Crippen molar-refractivity contribution < 1.29 is 18.8 Å². The monoisotopic (exact) mass is 465 g/mol. The van der Waals surface area contributed by atoms with Crippen molar-refractivity contribution in [1.29, 1.82) is 0 Å². The van der Waals surface area contributed by atoms with Crippen molar-refractivity contribution in [1.82, 2.24) is 15.2 Å². The Kier molecular flexibility index (Phi) is 9.19. The van der Waals surface area contributed by atoms with E-state index in [1.165, 1.54) is 28.1 Å². The van der Waals surface area contributed by atoms with Crippen molar-refractivity contribution in [2.45, 2.75) is 52.2 Å². The molecule has 174 valence electrons. The number of hydrazone groups is 1. The molecule has 32 heavy (non-hydrogen) atoms. The molecule has 0 aliphatic heterocycles. The lowest BCUT2D eigenvalue weighted by Gasteiger charge is -2.28. The van der Waals surface area contributed by atoms with Gasteiger partial charge in [-0.3, -0.25) is 19.4 Å². The third kappa shape index (κ3) is 7.33. The Bertz CT molecular complexity index is 915. The first kappa shape index (κ1) is 25.3. The maximum Gasteiger partial charge on any atom is 0.269 e. The van der Waals surface area contributed by atoms with Gasteiger partial charge in [-0.15, -0.1) is 0 Å². The summed E-state index contributed by atoms with van der Waals surface area (Å²) >= 11 is 5.77. The van der Waals surface area contributed by atoms with Gasteiger partial charge in [-0.2, -0.15) is 5.10 Å². The van der Waals surface area contributed by atoms with Gasteiger partial charge in [0.15, 0.2) is 0 Å². The molecular formula is C22H29ClFN5O3. The van der Waals surface area contributed by atoms with Crippen LogP contribution >= 0.6 is 11.6 Å². The zero-order valence-electron chi connectivity index (χ0n) is 18.5. The van der Waals surface area contributed by atoms with Crippen LogP contribution in [0.5, 0.6) is 0 Å². The van der Waals surface area contributed by atoms with Gasteiger partial charge in [0.25, 0.3) is 5.91 Å². The summed E-state index contributed by atoms with van der Waals surface area (Å²) in [5.74, 6) is -1.98. The van der Waals surface area contributed by atoms with E-state index in [0.29, 0.717) is 0 Å². The number of rotatable bonds is 11. The summed E-state index contributed by atoms with van der Waals surface area (Å²) in [4.78, 5) is 38.5. The van der Waals surface area contributed by atoms with Crippen molar-refractivity contribution in [2.75, 3.05) is 13.1 Å². The van der Waals surface area contributed by atoms with Crippen LogP contribution in [-0.4, -0.2) is 58.5 Å². The Morgan fingerprint density at radius 3 is 2.56 bits per heavy atom. The third-order valence-electron chi connectivity index (χ3n) is 4.84. The van der Waals surface area contributed by atoms with Crippen LogP contribution in [0.25, 0.3) is 0 Å². The summed E-state index contributed by atoms with van der Waals surface area (Å²) in [7, 11) is 0. The molecule has 10 heteroatoms. The highest BCUT2D eigenvalue weighted by Crippen LogP contribution is 2.27. The number of nitrogens with one attached hydrogen (secondary N) is 1. The molecule has 0 spiro atoms. The maximum atomic E-state index is 14.0. The number of hydrogen-bond acceptors (Lipinski definition) is 5. The van der Waals surface area contributed by atoms with Crippen LogP contribution in [0, 0.1) is 5.82 Å².